The van der Waals surface area contributed by atoms with Crippen LogP contribution in [0.1, 0.15) is 38.4 Å². The van der Waals surface area contributed by atoms with Gasteiger partial charge in [0.1, 0.15) is 5.82 Å². The van der Waals surface area contributed by atoms with Gasteiger partial charge in [0.25, 0.3) is 9.05 Å². The summed E-state index contributed by atoms with van der Waals surface area (Å²) in [6, 6.07) is 0. The summed E-state index contributed by atoms with van der Waals surface area (Å²) in [7, 11) is 1.45. The monoisotopic (exact) mass is 308 g/mol. The molecule has 0 aliphatic heterocycles. The summed E-state index contributed by atoms with van der Waals surface area (Å²) in [4.78, 5) is 14.3. The van der Waals surface area contributed by atoms with Crippen molar-refractivity contribution in [3.05, 3.63) is 12.0 Å². The van der Waals surface area contributed by atoms with E-state index in [4.69, 9.17) is 15.8 Å². The number of carboxylic acid groups (broad SMARTS) is 1. The number of imidazole rings is 1. The summed E-state index contributed by atoms with van der Waals surface area (Å²) in [5.74, 6) is -0.134. The summed E-state index contributed by atoms with van der Waals surface area (Å²) in [6.45, 7) is 2.50. The van der Waals surface area contributed by atoms with Crippen molar-refractivity contribution < 1.29 is 18.3 Å². The van der Waals surface area contributed by atoms with Crippen LogP contribution in [-0.4, -0.2) is 29.0 Å². The Morgan fingerprint density at radius 2 is 2.11 bits per heavy atom. The first-order chi connectivity index (χ1) is 8.84. The molecule has 0 fully saturated rings. The zero-order valence-electron chi connectivity index (χ0n) is 10.7. The normalized spacial score (nSPS) is 11.7. The fourth-order valence-corrected chi connectivity index (χ4v) is 2.45. The van der Waals surface area contributed by atoms with Crippen LogP contribution in [0.2, 0.25) is 0 Å². The van der Waals surface area contributed by atoms with E-state index in [2.05, 4.69) is 4.98 Å². The molecule has 0 unspecified atom stereocenters. The van der Waals surface area contributed by atoms with Gasteiger partial charge in [-0.25, -0.2) is 13.4 Å². The number of unbranched alkanes of at least 4 members (excludes halogenated alkanes) is 2. The van der Waals surface area contributed by atoms with Crippen molar-refractivity contribution in [3.8, 4) is 0 Å². The van der Waals surface area contributed by atoms with Crippen LogP contribution in [0.5, 0.6) is 0 Å². The SMILES string of the molecule is CCc1nc(S(=O)(=O)Cl)cn1CCCCCC(=O)O. The lowest BCUT2D eigenvalue weighted by atomic mass is 10.2. The molecule has 0 saturated heterocycles. The molecule has 108 valence electrons. The molecule has 8 heteroatoms. The van der Waals surface area contributed by atoms with Crippen molar-refractivity contribution in [3.63, 3.8) is 0 Å². The molecule has 0 aliphatic carbocycles. The average molecular weight is 309 g/mol. The first kappa shape index (κ1) is 16.0. The van der Waals surface area contributed by atoms with E-state index in [1.54, 1.807) is 4.57 Å². The van der Waals surface area contributed by atoms with Gasteiger partial charge in [0.15, 0.2) is 5.03 Å². The molecular formula is C11H17ClN2O4S. The lowest BCUT2D eigenvalue weighted by molar-refractivity contribution is -0.137. The van der Waals surface area contributed by atoms with E-state index in [1.807, 2.05) is 6.92 Å². The second-order valence-corrected chi connectivity index (χ2v) is 6.70. The first-order valence-electron chi connectivity index (χ1n) is 6.07. The molecule has 19 heavy (non-hydrogen) atoms. The highest BCUT2D eigenvalue weighted by molar-refractivity contribution is 8.13. The van der Waals surface area contributed by atoms with Crippen molar-refractivity contribution in [1.29, 1.82) is 0 Å². The molecule has 0 spiro atoms. The van der Waals surface area contributed by atoms with Gasteiger partial charge in [0, 0.05) is 36.3 Å². The number of rotatable bonds is 8. The van der Waals surface area contributed by atoms with Gasteiger partial charge in [-0.15, -0.1) is 0 Å². The molecular weight excluding hydrogens is 292 g/mol. The zero-order chi connectivity index (χ0) is 14.5. The van der Waals surface area contributed by atoms with E-state index in [0.29, 0.717) is 25.2 Å². The number of hydrogen-bond acceptors (Lipinski definition) is 4. The molecule has 1 aromatic heterocycles. The van der Waals surface area contributed by atoms with Gasteiger partial charge in [-0.1, -0.05) is 13.3 Å². The molecule has 0 saturated carbocycles. The highest BCUT2D eigenvalue weighted by atomic mass is 35.7. The maximum atomic E-state index is 11.2. The topological polar surface area (TPSA) is 89.3 Å². The Morgan fingerprint density at radius 1 is 1.42 bits per heavy atom. The summed E-state index contributed by atoms with van der Waals surface area (Å²) in [6.07, 6.45) is 4.37. The van der Waals surface area contributed by atoms with Crippen molar-refractivity contribution in [1.82, 2.24) is 9.55 Å². The Balaban J connectivity index is 2.58. The zero-order valence-corrected chi connectivity index (χ0v) is 12.2. The van der Waals surface area contributed by atoms with Gasteiger partial charge < -0.3 is 9.67 Å². The molecule has 0 aliphatic rings. The largest absolute Gasteiger partial charge is 0.481 e. The number of carbonyl (C=O) groups is 1. The molecule has 1 aromatic rings. The molecule has 0 atom stereocenters. The highest BCUT2D eigenvalue weighted by Gasteiger charge is 2.16. The van der Waals surface area contributed by atoms with Crippen LogP contribution in [0.3, 0.4) is 0 Å². The molecule has 0 radical (unpaired) electrons. The van der Waals surface area contributed by atoms with Gasteiger partial charge in [-0.3, -0.25) is 4.79 Å². The Hall–Kier alpha value is -1.08. The van der Waals surface area contributed by atoms with Crippen molar-refractivity contribution in [2.24, 2.45) is 0 Å². The second kappa shape index (κ2) is 6.91. The molecule has 1 heterocycles. The minimum Gasteiger partial charge on any atom is -0.481 e. The van der Waals surface area contributed by atoms with E-state index >= 15 is 0 Å². The third kappa shape index (κ3) is 5.20. The van der Waals surface area contributed by atoms with Gasteiger partial charge in [0.2, 0.25) is 0 Å². The van der Waals surface area contributed by atoms with Gasteiger partial charge in [0.05, 0.1) is 0 Å². The number of aryl methyl sites for hydroxylation is 2. The van der Waals surface area contributed by atoms with Crippen molar-refractivity contribution >= 4 is 25.7 Å². The lowest BCUT2D eigenvalue weighted by Crippen LogP contribution is -2.02. The lowest BCUT2D eigenvalue weighted by Gasteiger charge is -2.05. The number of aromatic nitrogens is 2. The fraction of sp³-hybridized carbons (Fsp3) is 0.636. The number of nitrogens with zero attached hydrogens (tertiary/aromatic N) is 2. The van der Waals surface area contributed by atoms with Gasteiger partial charge in [-0.2, -0.15) is 0 Å². The quantitative estimate of drug-likeness (QED) is 0.586. The Bertz CT molecular complexity index is 539. The molecule has 1 rings (SSSR count). The first-order valence-corrected chi connectivity index (χ1v) is 8.38. The van der Waals surface area contributed by atoms with Gasteiger partial charge in [-0.05, 0) is 12.8 Å². The van der Waals surface area contributed by atoms with Crippen LogP contribution in [0.15, 0.2) is 11.2 Å². The minimum absolute atomic E-state index is 0.128. The predicted molar refractivity (Wildman–Crippen MR) is 70.7 cm³/mol. The summed E-state index contributed by atoms with van der Waals surface area (Å²) < 4.78 is 24.1. The molecule has 1 N–H and O–H groups in total. The van der Waals surface area contributed by atoms with Crippen LogP contribution in [0.25, 0.3) is 0 Å². The van der Waals surface area contributed by atoms with Crippen LogP contribution >= 0.6 is 10.7 Å². The number of carboxylic acids is 1. The fourth-order valence-electron chi connectivity index (χ4n) is 1.76. The van der Waals surface area contributed by atoms with Crippen molar-refractivity contribution in [2.45, 2.75) is 50.6 Å². The predicted octanol–water partition coefficient (Wildman–Crippen LogP) is 2.02. The summed E-state index contributed by atoms with van der Waals surface area (Å²) in [5.41, 5.74) is 0. The van der Waals surface area contributed by atoms with E-state index < -0.39 is 15.0 Å². The van der Waals surface area contributed by atoms with E-state index in [9.17, 15) is 13.2 Å². The van der Waals surface area contributed by atoms with E-state index in [-0.39, 0.29) is 11.4 Å². The Morgan fingerprint density at radius 3 is 2.63 bits per heavy atom. The summed E-state index contributed by atoms with van der Waals surface area (Å²) in [5, 5.41) is 8.38. The van der Waals surface area contributed by atoms with Crippen LogP contribution < -0.4 is 0 Å². The van der Waals surface area contributed by atoms with Crippen LogP contribution in [0.4, 0.5) is 0 Å². The smallest absolute Gasteiger partial charge is 0.303 e. The number of halogens is 1. The molecule has 6 nitrogen and oxygen atoms in total. The Labute approximate surface area is 116 Å². The molecule has 0 amide bonds. The second-order valence-electron chi connectivity index (χ2n) is 4.18. The number of aliphatic carboxylic acids is 1. The maximum Gasteiger partial charge on any atom is 0.303 e. The van der Waals surface area contributed by atoms with Crippen LogP contribution in [0, 0.1) is 0 Å². The van der Waals surface area contributed by atoms with Gasteiger partial charge >= 0.3 is 5.97 Å². The third-order valence-corrected chi connectivity index (χ3v) is 3.86. The summed E-state index contributed by atoms with van der Waals surface area (Å²) >= 11 is 0. The maximum absolute atomic E-state index is 11.2. The average Bonchev–Trinajstić information content (AvgIpc) is 2.71. The Kier molecular flexibility index (Phi) is 5.81. The van der Waals surface area contributed by atoms with Crippen molar-refractivity contribution in [2.75, 3.05) is 0 Å². The number of hydrogen-bond donors (Lipinski definition) is 1. The van der Waals surface area contributed by atoms with E-state index in [1.165, 1.54) is 6.20 Å². The third-order valence-electron chi connectivity index (χ3n) is 2.69. The standard InChI is InChI=1S/C11H17ClN2O4S/c1-2-9-13-10(19(12,17)18)8-14(9)7-5-3-4-6-11(15)16/h8H,2-7H2,1H3,(H,15,16). The minimum atomic E-state index is -3.80. The molecule has 0 bridgehead atoms. The molecule has 0 aromatic carbocycles. The van der Waals surface area contributed by atoms with Crippen LogP contribution in [-0.2, 0) is 26.8 Å². The highest BCUT2D eigenvalue weighted by Crippen LogP contribution is 2.16. The van der Waals surface area contributed by atoms with E-state index in [0.717, 1.165) is 12.8 Å².